The summed E-state index contributed by atoms with van der Waals surface area (Å²) >= 11 is 6.35. The van der Waals surface area contributed by atoms with Crippen LogP contribution in [-0.4, -0.2) is 10.4 Å². The Bertz CT molecular complexity index is 832. The molecule has 3 rings (SSSR count). The third-order valence-electron chi connectivity index (χ3n) is 3.83. The molecule has 0 unspecified atom stereocenters. The van der Waals surface area contributed by atoms with Crippen LogP contribution in [0.4, 0.5) is 0 Å². The first-order valence-corrected chi connectivity index (χ1v) is 7.28. The van der Waals surface area contributed by atoms with Crippen LogP contribution in [-0.2, 0) is 6.54 Å². The minimum Gasteiger partial charge on any atom is -0.341 e. The number of carbonyl (C=O) groups excluding carboxylic acids is 1. The zero-order chi connectivity index (χ0) is 15.0. The summed E-state index contributed by atoms with van der Waals surface area (Å²) in [5.41, 5.74) is 4.11. The third kappa shape index (κ3) is 2.47. The molecule has 0 spiro atoms. The molecular weight excluding hydrogens is 282 g/mol. The number of halogens is 1. The first-order valence-electron chi connectivity index (χ1n) is 6.90. The molecule has 0 amide bonds. The number of aromatic nitrogens is 1. The molecule has 2 nitrogen and oxygen atoms in total. The lowest BCUT2D eigenvalue weighted by atomic mass is 10.1. The van der Waals surface area contributed by atoms with Gasteiger partial charge in [-0.25, -0.2) is 0 Å². The molecule has 21 heavy (non-hydrogen) atoms. The lowest BCUT2D eigenvalue weighted by Crippen LogP contribution is -2.00. The van der Waals surface area contributed by atoms with E-state index in [1.807, 2.05) is 36.5 Å². The van der Waals surface area contributed by atoms with Gasteiger partial charge in [0.15, 0.2) is 5.78 Å². The lowest BCUT2D eigenvalue weighted by Gasteiger charge is -2.09. The van der Waals surface area contributed by atoms with Gasteiger partial charge in [0.1, 0.15) is 0 Å². The van der Waals surface area contributed by atoms with Crippen LogP contribution in [0, 0.1) is 6.92 Å². The normalized spacial score (nSPS) is 11.0. The highest BCUT2D eigenvalue weighted by Gasteiger charge is 2.14. The average Bonchev–Trinajstić information content (AvgIpc) is 2.82. The predicted molar refractivity (Wildman–Crippen MR) is 87.2 cm³/mol. The maximum Gasteiger partial charge on any atom is 0.161 e. The molecule has 1 aromatic heterocycles. The molecule has 0 saturated carbocycles. The van der Waals surface area contributed by atoms with E-state index in [0.717, 1.165) is 16.5 Å². The van der Waals surface area contributed by atoms with E-state index in [2.05, 4.69) is 23.6 Å². The number of nitrogens with zero attached hydrogens (tertiary/aromatic N) is 1. The summed E-state index contributed by atoms with van der Waals surface area (Å²) in [5.74, 6) is 0.0609. The van der Waals surface area contributed by atoms with E-state index in [1.54, 1.807) is 6.92 Å². The number of Topliss-reactive ketones (excluding diaryl/α,β-unsaturated/α-hetero) is 1. The zero-order valence-corrected chi connectivity index (χ0v) is 12.8. The molecule has 0 bridgehead atoms. The zero-order valence-electron chi connectivity index (χ0n) is 12.1. The summed E-state index contributed by atoms with van der Waals surface area (Å²) in [6, 6.07) is 14.0. The van der Waals surface area contributed by atoms with Crippen molar-refractivity contribution in [1.82, 2.24) is 4.57 Å². The van der Waals surface area contributed by atoms with Crippen molar-refractivity contribution in [3.63, 3.8) is 0 Å². The van der Waals surface area contributed by atoms with Crippen molar-refractivity contribution in [2.45, 2.75) is 20.4 Å². The van der Waals surface area contributed by atoms with Gasteiger partial charge in [-0.05, 0) is 31.0 Å². The second kappa shape index (κ2) is 5.38. The number of fused-ring (bicyclic) bond motifs is 1. The van der Waals surface area contributed by atoms with Gasteiger partial charge >= 0.3 is 0 Å². The average molecular weight is 298 g/mol. The quantitative estimate of drug-likeness (QED) is 0.633. The first-order chi connectivity index (χ1) is 10.1. The molecule has 3 aromatic rings. The van der Waals surface area contributed by atoms with Gasteiger partial charge in [0.05, 0.1) is 10.5 Å². The molecule has 0 atom stereocenters. The second-order valence-electron chi connectivity index (χ2n) is 5.29. The molecule has 1 heterocycles. The monoisotopic (exact) mass is 297 g/mol. The van der Waals surface area contributed by atoms with Crippen LogP contribution >= 0.6 is 11.6 Å². The predicted octanol–water partition coefficient (Wildman–Crippen LogP) is 4.85. The Balaban J connectivity index is 2.19. The van der Waals surface area contributed by atoms with Crippen LogP contribution in [0.3, 0.4) is 0 Å². The number of hydrogen-bond acceptors (Lipinski definition) is 1. The number of para-hydroxylation sites is 1. The van der Waals surface area contributed by atoms with E-state index < -0.39 is 0 Å². The minimum absolute atomic E-state index is 0.0609. The van der Waals surface area contributed by atoms with Crippen LogP contribution in [0.2, 0.25) is 5.02 Å². The van der Waals surface area contributed by atoms with Gasteiger partial charge in [-0.2, -0.15) is 0 Å². The molecule has 0 saturated heterocycles. The molecule has 0 radical (unpaired) electrons. The Morgan fingerprint density at radius 2 is 1.90 bits per heavy atom. The Morgan fingerprint density at radius 3 is 2.62 bits per heavy atom. The van der Waals surface area contributed by atoms with Crippen LogP contribution < -0.4 is 0 Å². The fourth-order valence-electron chi connectivity index (χ4n) is 2.69. The van der Waals surface area contributed by atoms with E-state index in [1.165, 1.54) is 11.1 Å². The van der Waals surface area contributed by atoms with E-state index in [-0.39, 0.29) is 5.78 Å². The fraction of sp³-hybridized carbons (Fsp3) is 0.167. The standard InChI is InChI=1S/C18H16ClNO/c1-12-6-3-4-7-14(12)10-20-11-16(13(2)21)15-8-5-9-17(19)18(15)20/h3-9,11H,10H2,1-2H3. The molecule has 2 aromatic carbocycles. The van der Waals surface area contributed by atoms with E-state index >= 15 is 0 Å². The number of ketones is 1. The Hall–Kier alpha value is -2.06. The highest BCUT2D eigenvalue weighted by molar-refractivity contribution is 6.35. The van der Waals surface area contributed by atoms with Crippen LogP contribution in [0.5, 0.6) is 0 Å². The molecule has 0 N–H and O–H groups in total. The summed E-state index contributed by atoms with van der Waals surface area (Å²) in [5, 5.41) is 1.59. The van der Waals surface area contributed by atoms with Crippen molar-refractivity contribution in [3.8, 4) is 0 Å². The van der Waals surface area contributed by atoms with Gasteiger partial charge < -0.3 is 4.57 Å². The number of hydrogen-bond donors (Lipinski definition) is 0. The van der Waals surface area contributed by atoms with Gasteiger partial charge in [-0.3, -0.25) is 4.79 Å². The minimum atomic E-state index is 0.0609. The molecular formula is C18H16ClNO. The Labute approximate surface area is 129 Å². The molecule has 0 aliphatic carbocycles. The number of rotatable bonds is 3. The summed E-state index contributed by atoms with van der Waals surface area (Å²) in [4.78, 5) is 11.8. The van der Waals surface area contributed by atoms with Crippen molar-refractivity contribution >= 4 is 28.3 Å². The van der Waals surface area contributed by atoms with Crippen LogP contribution in [0.1, 0.15) is 28.4 Å². The van der Waals surface area contributed by atoms with Crippen LogP contribution in [0.25, 0.3) is 10.9 Å². The van der Waals surface area contributed by atoms with Crippen molar-refractivity contribution in [2.75, 3.05) is 0 Å². The van der Waals surface area contributed by atoms with Gasteiger partial charge in [-0.15, -0.1) is 0 Å². The SMILES string of the molecule is CC(=O)c1cn(Cc2ccccc2C)c2c(Cl)cccc12. The van der Waals surface area contributed by atoms with Gasteiger partial charge in [0, 0.05) is 23.7 Å². The molecule has 106 valence electrons. The van der Waals surface area contributed by atoms with E-state index in [0.29, 0.717) is 11.6 Å². The summed E-state index contributed by atoms with van der Waals surface area (Å²) in [7, 11) is 0. The second-order valence-corrected chi connectivity index (χ2v) is 5.70. The number of carbonyl (C=O) groups is 1. The summed E-state index contributed by atoms with van der Waals surface area (Å²) in [6.07, 6.45) is 1.91. The highest BCUT2D eigenvalue weighted by Crippen LogP contribution is 2.29. The maximum atomic E-state index is 11.8. The van der Waals surface area contributed by atoms with Gasteiger partial charge in [-0.1, -0.05) is 48.0 Å². The third-order valence-corrected chi connectivity index (χ3v) is 4.14. The summed E-state index contributed by atoms with van der Waals surface area (Å²) in [6.45, 7) is 4.39. The van der Waals surface area contributed by atoms with Crippen molar-refractivity contribution in [3.05, 3.63) is 70.4 Å². The van der Waals surface area contributed by atoms with Gasteiger partial charge in [0.2, 0.25) is 0 Å². The van der Waals surface area contributed by atoms with Crippen LogP contribution in [0.15, 0.2) is 48.7 Å². The van der Waals surface area contributed by atoms with Gasteiger partial charge in [0.25, 0.3) is 0 Å². The van der Waals surface area contributed by atoms with Crippen molar-refractivity contribution in [1.29, 1.82) is 0 Å². The topological polar surface area (TPSA) is 22.0 Å². The van der Waals surface area contributed by atoms with Crippen molar-refractivity contribution < 1.29 is 4.79 Å². The number of aryl methyl sites for hydroxylation is 1. The Morgan fingerprint density at radius 1 is 1.14 bits per heavy atom. The molecule has 0 aliphatic rings. The summed E-state index contributed by atoms with van der Waals surface area (Å²) < 4.78 is 2.07. The maximum absolute atomic E-state index is 11.8. The fourth-order valence-corrected chi connectivity index (χ4v) is 2.97. The smallest absolute Gasteiger partial charge is 0.161 e. The first kappa shape index (κ1) is 13.9. The lowest BCUT2D eigenvalue weighted by molar-refractivity contribution is 0.101. The Kier molecular flexibility index (Phi) is 3.56. The largest absolute Gasteiger partial charge is 0.341 e. The van der Waals surface area contributed by atoms with E-state index in [9.17, 15) is 4.79 Å². The van der Waals surface area contributed by atoms with E-state index in [4.69, 9.17) is 11.6 Å². The highest BCUT2D eigenvalue weighted by atomic mass is 35.5. The molecule has 0 aliphatic heterocycles. The molecule has 0 fully saturated rings. The number of benzene rings is 2. The molecule has 3 heteroatoms. The van der Waals surface area contributed by atoms with Crippen molar-refractivity contribution in [2.24, 2.45) is 0 Å².